The predicted octanol–water partition coefficient (Wildman–Crippen LogP) is 5.87. The van der Waals surface area contributed by atoms with E-state index in [-0.39, 0.29) is 30.7 Å². The zero-order chi connectivity index (χ0) is 18.6. The monoisotopic (exact) mass is 424 g/mol. The van der Waals surface area contributed by atoms with E-state index in [1.807, 2.05) is 7.05 Å². The molecule has 3 rings (SSSR count). The highest BCUT2D eigenvalue weighted by Crippen LogP contribution is 2.42. The molecule has 28 heavy (non-hydrogen) atoms. The minimum absolute atomic E-state index is 0. The van der Waals surface area contributed by atoms with Gasteiger partial charge in [0.05, 0.1) is 5.60 Å². The quantitative estimate of drug-likeness (QED) is 0.486. The van der Waals surface area contributed by atoms with Gasteiger partial charge in [-0.2, -0.15) is 0 Å². The third-order valence-corrected chi connectivity index (χ3v) is 6.04. The maximum Gasteiger partial charge on any atom is 0.0719 e. The molecule has 1 unspecified atom stereocenters. The van der Waals surface area contributed by atoms with Gasteiger partial charge in [0.25, 0.3) is 0 Å². The van der Waals surface area contributed by atoms with Gasteiger partial charge in [-0.15, -0.1) is 24.8 Å². The molecule has 0 bridgehead atoms. The number of benzene rings is 2. The first-order valence-electron chi connectivity index (χ1n) is 9.96. The van der Waals surface area contributed by atoms with Gasteiger partial charge < -0.3 is 15.8 Å². The van der Waals surface area contributed by atoms with E-state index in [0.29, 0.717) is 12.5 Å². The molecule has 3 N–H and O–H groups in total. The van der Waals surface area contributed by atoms with E-state index in [2.05, 4.69) is 54.7 Å². The zero-order valence-corrected chi connectivity index (χ0v) is 18.5. The topological polar surface area (TPSA) is 56.1 Å². The smallest absolute Gasteiger partial charge is 0.0719 e. The molecule has 0 aliphatic heterocycles. The Bertz CT molecular complexity index is 759. The summed E-state index contributed by atoms with van der Waals surface area (Å²) in [6.45, 7) is 2.11. The maximum atomic E-state index is 11.5. The molecule has 2 aromatic carbocycles. The van der Waals surface area contributed by atoms with Crippen molar-refractivity contribution in [3.63, 3.8) is 0 Å². The highest BCUT2D eigenvalue weighted by atomic mass is 35.5. The normalized spacial score (nSPS) is 17.8. The second kappa shape index (κ2) is 11.2. The molecule has 0 spiro atoms. The van der Waals surface area contributed by atoms with Crippen molar-refractivity contribution in [2.75, 3.05) is 7.05 Å². The first-order valence-corrected chi connectivity index (χ1v) is 9.96. The molecule has 0 amide bonds. The van der Waals surface area contributed by atoms with Crippen LogP contribution in [0.2, 0.25) is 0 Å². The van der Waals surface area contributed by atoms with Crippen molar-refractivity contribution in [2.24, 2.45) is 0 Å². The summed E-state index contributed by atoms with van der Waals surface area (Å²) in [6.07, 6.45) is 6.44. The lowest BCUT2D eigenvalue weighted by Crippen LogP contribution is -2.40. The number of rotatable bonds is 7. The first-order chi connectivity index (χ1) is 12.5. The SMILES string of the molecule is CN[C@H](C)CC(=N)CC(c1ccc2ccccc2c1)C1(O)CCCCC1.Cl.Cl. The number of nitrogens with one attached hydrogen (secondary N) is 2. The Morgan fingerprint density at radius 1 is 1.04 bits per heavy atom. The summed E-state index contributed by atoms with van der Waals surface area (Å²) in [5, 5.41) is 25.7. The molecule has 1 fully saturated rings. The van der Waals surface area contributed by atoms with Crippen LogP contribution in [-0.2, 0) is 0 Å². The number of fused-ring (bicyclic) bond motifs is 1. The van der Waals surface area contributed by atoms with Crippen LogP contribution in [0.1, 0.15) is 63.4 Å². The van der Waals surface area contributed by atoms with Crippen LogP contribution in [0.15, 0.2) is 42.5 Å². The van der Waals surface area contributed by atoms with E-state index in [1.165, 1.54) is 22.8 Å². The lowest BCUT2D eigenvalue weighted by Gasteiger charge is -2.40. The highest BCUT2D eigenvalue weighted by Gasteiger charge is 2.39. The summed E-state index contributed by atoms with van der Waals surface area (Å²) in [7, 11) is 1.94. The van der Waals surface area contributed by atoms with Crippen molar-refractivity contribution in [1.29, 1.82) is 5.41 Å². The Kier molecular flexibility index (Phi) is 9.92. The van der Waals surface area contributed by atoms with Crippen LogP contribution in [-0.4, -0.2) is 29.5 Å². The Labute approximate surface area is 181 Å². The van der Waals surface area contributed by atoms with Crippen molar-refractivity contribution >= 4 is 41.3 Å². The molecular formula is C23H34Cl2N2O. The summed E-state index contributed by atoms with van der Waals surface area (Å²) in [5.41, 5.74) is 1.22. The largest absolute Gasteiger partial charge is 0.389 e. The standard InChI is InChI=1S/C23H32N2O.2ClH/c1-17(25-2)14-21(24)16-22(23(26)12-6-3-7-13-23)20-11-10-18-8-4-5-9-19(18)15-20;;/h4-5,8-11,15,17,22,24-26H,3,6-7,12-14,16H2,1-2H3;2*1H/t17-,22?;;/m1../s1. The third kappa shape index (κ3) is 5.93. The molecule has 3 nitrogen and oxygen atoms in total. The molecule has 5 heteroatoms. The molecule has 0 heterocycles. The Hall–Kier alpha value is -1.13. The number of aliphatic hydroxyl groups is 1. The maximum absolute atomic E-state index is 11.5. The van der Waals surface area contributed by atoms with Crippen LogP contribution in [0.5, 0.6) is 0 Å². The van der Waals surface area contributed by atoms with E-state index in [1.54, 1.807) is 0 Å². The van der Waals surface area contributed by atoms with E-state index in [0.717, 1.165) is 37.8 Å². The van der Waals surface area contributed by atoms with E-state index < -0.39 is 5.60 Å². The van der Waals surface area contributed by atoms with Crippen LogP contribution >= 0.6 is 24.8 Å². The molecule has 1 aliphatic carbocycles. The van der Waals surface area contributed by atoms with Gasteiger partial charge in [0.2, 0.25) is 0 Å². The fourth-order valence-electron chi connectivity index (χ4n) is 4.36. The number of hydrogen-bond acceptors (Lipinski definition) is 3. The fraction of sp³-hybridized carbons (Fsp3) is 0.522. The van der Waals surface area contributed by atoms with Crippen molar-refractivity contribution in [2.45, 2.75) is 69.4 Å². The Morgan fingerprint density at radius 3 is 2.32 bits per heavy atom. The summed E-state index contributed by atoms with van der Waals surface area (Å²) in [4.78, 5) is 0. The van der Waals surface area contributed by atoms with Crippen molar-refractivity contribution < 1.29 is 5.11 Å². The zero-order valence-electron chi connectivity index (χ0n) is 16.9. The highest BCUT2D eigenvalue weighted by molar-refractivity contribution is 5.86. The van der Waals surface area contributed by atoms with Gasteiger partial charge in [0.15, 0.2) is 0 Å². The minimum atomic E-state index is -0.685. The van der Waals surface area contributed by atoms with E-state index in [4.69, 9.17) is 5.41 Å². The predicted molar refractivity (Wildman–Crippen MR) is 125 cm³/mol. The summed E-state index contributed by atoms with van der Waals surface area (Å²) >= 11 is 0. The molecule has 0 radical (unpaired) electrons. The summed E-state index contributed by atoms with van der Waals surface area (Å²) < 4.78 is 0. The van der Waals surface area contributed by atoms with Gasteiger partial charge in [-0.25, -0.2) is 0 Å². The molecule has 0 aromatic heterocycles. The van der Waals surface area contributed by atoms with E-state index >= 15 is 0 Å². The van der Waals surface area contributed by atoms with Gasteiger partial charge in [0.1, 0.15) is 0 Å². The minimum Gasteiger partial charge on any atom is -0.389 e. The second-order valence-corrected chi connectivity index (χ2v) is 8.02. The number of halogens is 2. The van der Waals surface area contributed by atoms with E-state index in [9.17, 15) is 5.11 Å². The number of hydrogen-bond donors (Lipinski definition) is 3. The summed E-state index contributed by atoms with van der Waals surface area (Å²) in [5.74, 6) is 0.00367. The molecule has 1 aliphatic rings. The van der Waals surface area contributed by atoms with Gasteiger partial charge in [-0.1, -0.05) is 61.7 Å². The lowest BCUT2D eigenvalue weighted by molar-refractivity contribution is -0.0201. The average Bonchev–Trinajstić information content (AvgIpc) is 2.66. The van der Waals surface area contributed by atoms with Gasteiger partial charge >= 0.3 is 0 Å². The van der Waals surface area contributed by atoms with Crippen LogP contribution in [0.4, 0.5) is 0 Å². The Balaban J connectivity index is 0.00000196. The lowest BCUT2D eigenvalue weighted by atomic mass is 9.70. The van der Waals surface area contributed by atoms with Crippen molar-refractivity contribution in [3.8, 4) is 0 Å². The Morgan fingerprint density at radius 2 is 1.68 bits per heavy atom. The summed E-state index contributed by atoms with van der Waals surface area (Å²) in [6, 6.07) is 15.2. The fourth-order valence-corrected chi connectivity index (χ4v) is 4.36. The third-order valence-electron chi connectivity index (χ3n) is 6.04. The van der Waals surface area contributed by atoms with Crippen LogP contribution in [0.3, 0.4) is 0 Å². The molecule has 0 saturated heterocycles. The molecule has 2 aromatic rings. The second-order valence-electron chi connectivity index (χ2n) is 8.02. The van der Waals surface area contributed by atoms with Crippen molar-refractivity contribution in [3.05, 3.63) is 48.0 Å². The van der Waals surface area contributed by atoms with Crippen LogP contribution in [0, 0.1) is 5.41 Å². The molecule has 156 valence electrons. The first kappa shape index (κ1) is 24.9. The van der Waals surface area contributed by atoms with Crippen LogP contribution < -0.4 is 5.32 Å². The van der Waals surface area contributed by atoms with Crippen LogP contribution in [0.25, 0.3) is 10.8 Å². The van der Waals surface area contributed by atoms with Gasteiger partial charge in [-0.05, 0) is 49.6 Å². The molecule has 2 atom stereocenters. The van der Waals surface area contributed by atoms with Gasteiger partial charge in [0, 0.05) is 24.1 Å². The molecule has 1 saturated carbocycles. The average molecular weight is 425 g/mol. The van der Waals surface area contributed by atoms with Gasteiger partial charge in [-0.3, -0.25) is 0 Å². The molecular weight excluding hydrogens is 391 g/mol. The van der Waals surface area contributed by atoms with Crippen molar-refractivity contribution in [1.82, 2.24) is 5.32 Å².